The number of carbonyl (C=O) groups excluding carboxylic acids is 2. The van der Waals surface area contributed by atoms with Crippen LogP contribution in [0.1, 0.15) is 36.9 Å². The van der Waals surface area contributed by atoms with Crippen LogP contribution in [0, 0.1) is 5.82 Å². The molecule has 0 bridgehead atoms. The Labute approximate surface area is 224 Å². The van der Waals surface area contributed by atoms with Crippen molar-refractivity contribution in [3.05, 3.63) is 84.5 Å². The molecule has 0 atom stereocenters. The number of hydrogen-bond donors (Lipinski definition) is 1. The van der Waals surface area contributed by atoms with Gasteiger partial charge in [0.15, 0.2) is 0 Å². The summed E-state index contributed by atoms with van der Waals surface area (Å²) in [7, 11) is 0. The van der Waals surface area contributed by atoms with Gasteiger partial charge in [-0.1, -0.05) is 24.3 Å². The van der Waals surface area contributed by atoms with Crippen molar-refractivity contribution in [3.63, 3.8) is 0 Å². The Balaban J connectivity index is 1.27. The first-order valence-electron chi connectivity index (χ1n) is 13.2. The number of likely N-dealkylation sites (tertiary alicyclic amines) is 1. The summed E-state index contributed by atoms with van der Waals surface area (Å²) in [6.45, 7) is 1.16. The molecule has 2 amide bonds. The first kappa shape index (κ1) is 23.8. The van der Waals surface area contributed by atoms with Crippen LogP contribution in [-0.2, 0) is 21.5 Å². The van der Waals surface area contributed by atoms with Crippen LogP contribution in [0.25, 0.3) is 21.9 Å². The lowest BCUT2D eigenvalue weighted by Crippen LogP contribution is -2.54. The minimum atomic E-state index is -0.738. The van der Waals surface area contributed by atoms with Gasteiger partial charge >= 0.3 is 0 Å². The predicted molar refractivity (Wildman–Crippen MR) is 144 cm³/mol. The first-order chi connectivity index (χ1) is 18.9. The molecule has 9 heteroatoms. The molecule has 3 aliphatic rings. The van der Waals surface area contributed by atoms with Gasteiger partial charge in [0.05, 0.1) is 41.3 Å². The largest absolute Gasteiger partial charge is 0.341 e. The summed E-state index contributed by atoms with van der Waals surface area (Å²) >= 11 is 0. The van der Waals surface area contributed by atoms with E-state index in [0.29, 0.717) is 37.2 Å². The highest BCUT2D eigenvalue weighted by Crippen LogP contribution is 2.49. The van der Waals surface area contributed by atoms with Crippen molar-refractivity contribution < 1.29 is 14.0 Å². The maximum absolute atomic E-state index is 14.3. The topological polar surface area (TPSA) is 105 Å². The Bertz CT molecular complexity index is 1640. The number of aromatic nitrogens is 3. The number of rotatable bonds is 4. The number of piperidine rings is 1. The number of anilines is 1. The van der Waals surface area contributed by atoms with E-state index >= 15 is 0 Å². The van der Waals surface area contributed by atoms with Gasteiger partial charge in [-0.2, -0.15) is 0 Å². The second kappa shape index (κ2) is 8.64. The van der Waals surface area contributed by atoms with Crippen LogP contribution in [0.15, 0.2) is 67.4 Å². The average molecular weight is 523 g/mol. The lowest BCUT2D eigenvalue weighted by atomic mass is 9.74. The fraction of sp³-hybridized carbons (Fsp3) is 0.300. The van der Waals surface area contributed by atoms with Crippen molar-refractivity contribution >= 4 is 28.3 Å². The Morgan fingerprint density at radius 1 is 1.00 bits per heavy atom. The molecule has 0 unspecified atom stereocenters. The fourth-order valence-electron chi connectivity index (χ4n) is 6.23. The lowest BCUT2D eigenvalue weighted by Gasteiger charge is -2.39. The van der Waals surface area contributed by atoms with E-state index in [-0.39, 0.29) is 18.4 Å². The van der Waals surface area contributed by atoms with Gasteiger partial charge in [-0.3, -0.25) is 24.5 Å². The van der Waals surface area contributed by atoms with Crippen molar-refractivity contribution in [2.24, 2.45) is 5.73 Å². The molecule has 2 aliphatic heterocycles. The lowest BCUT2D eigenvalue weighted by molar-refractivity contribution is -0.137. The molecule has 3 aromatic heterocycles. The molecule has 1 saturated carbocycles. The van der Waals surface area contributed by atoms with E-state index in [1.54, 1.807) is 29.7 Å². The SMILES string of the molecule is NC1(C(=O)N2CCC3(CC2)C(=O)N(Cc2ncc4ccccc4c2-c2cncc(F)c2)c2cnccc23)CC1. The first-order valence-corrected chi connectivity index (χ1v) is 13.2. The zero-order chi connectivity index (χ0) is 26.8. The highest BCUT2D eigenvalue weighted by atomic mass is 19.1. The number of pyridine rings is 3. The van der Waals surface area contributed by atoms with Crippen molar-refractivity contribution in [2.75, 3.05) is 18.0 Å². The van der Waals surface area contributed by atoms with Gasteiger partial charge in [-0.15, -0.1) is 0 Å². The highest BCUT2D eigenvalue weighted by molar-refractivity contribution is 6.08. The van der Waals surface area contributed by atoms with Gasteiger partial charge in [0, 0.05) is 48.2 Å². The standard InChI is InChI=1S/C30H27FN6O2/c31-21-13-20(14-34-16-21)26-22-4-2-1-3-19(22)15-35-24(26)18-37-25-17-33-10-5-23(25)29(27(37)38)8-11-36(12-9-29)28(39)30(32)6-7-30/h1-5,10,13-17H,6-9,11-12,18,32H2. The number of hydrogen-bond acceptors (Lipinski definition) is 6. The van der Waals surface area contributed by atoms with Crippen LogP contribution < -0.4 is 10.6 Å². The second-order valence-electron chi connectivity index (χ2n) is 10.9. The minimum absolute atomic E-state index is 0.0108. The van der Waals surface area contributed by atoms with Crippen LogP contribution in [0.4, 0.5) is 10.1 Å². The molecule has 1 spiro atoms. The zero-order valence-electron chi connectivity index (χ0n) is 21.3. The number of benzene rings is 1. The molecule has 5 heterocycles. The van der Waals surface area contributed by atoms with Crippen LogP contribution in [0.5, 0.6) is 0 Å². The molecule has 39 heavy (non-hydrogen) atoms. The van der Waals surface area contributed by atoms with Gasteiger partial charge < -0.3 is 15.5 Å². The number of fused-ring (bicyclic) bond motifs is 3. The highest BCUT2D eigenvalue weighted by Gasteiger charge is 2.55. The molecule has 1 aromatic carbocycles. The Morgan fingerprint density at radius 2 is 1.79 bits per heavy atom. The second-order valence-corrected chi connectivity index (χ2v) is 10.9. The summed E-state index contributed by atoms with van der Waals surface area (Å²) in [5.41, 5.74) is 8.39. The predicted octanol–water partition coefficient (Wildman–Crippen LogP) is 3.73. The smallest absolute Gasteiger partial charge is 0.242 e. The normalized spacial score (nSPS) is 19.0. The third kappa shape index (κ3) is 3.71. The fourth-order valence-corrected chi connectivity index (χ4v) is 6.23. The summed E-state index contributed by atoms with van der Waals surface area (Å²) in [6.07, 6.45) is 10.5. The van der Waals surface area contributed by atoms with E-state index in [0.717, 1.165) is 40.4 Å². The maximum atomic E-state index is 14.3. The molecule has 1 saturated heterocycles. The minimum Gasteiger partial charge on any atom is -0.341 e. The van der Waals surface area contributed by atoms with Crippen LogP contribution in [0.2, 0.25) is 0 Å². The molecular weight excluding hydrogens is 495 g/mol. The summed E-state index contributed by atoms with van der Waals surface area (Å²) in [5, 5.41) is 1.82. The number of carbonyl (C=O) groups is 2. The Kier molecular flexibility index (Phi) is 5.28. The number of nitrogens with zero attached hydrogens (tertiary/aromatic N) is 5. The van der Waals surface area contributed by atoms with E-state index in [9.17, 15) is 14.0 Å². The summed E-state index contributed by atoms with van der Waals surface area (Å²) < 4.78 is 14.3. The van der Waals surface area contributed by atoms with Gasteiger partial charge in [0.1, 0.15) is 5.82 Å². The summed E-state index contributed by atoms with van der Waals surface area (Å²) in [6, 6.07) is 11.2. The van der Waals surface area contributed by atoms with Crippen molar-refractivity contribution in [1.29, 1.82) is 0 Å². The quantitative estimate of drug-likeness (QED) is 0.438. The van der Waals surface area contributed by atoms with Crippen molar-refractivity contribution in [1.82, 2.24) is 19.9 Å². The number of nitrogens with two attached hydrogens (primary N) is 1. The van der Waals surface area contributed by atoms with E-state index in [1.165, 1.54) is 12.3 Å². The van der Waals surface area contributed by atoms with Crippen molar-refractivity contribution in [2.45, 2.75) is 43.2 Å². The Morgan fingerprint density at radius 3 is 2.56 bits per heavy atom. The van der Waals surface area contributed by atoms with Gasteiger partial charge in [0.2, 0.25) is 11.8 Å². The van der Waals surface area contributed by atoms with Crippen molar-refractivity contribution in [3.8, 4) is 11.1 Å². The number of halogens is 1. The molecule has 2 N–H and O–H groups in total. The summed E-state index contributed by atoms with van der Waals surface area (Å²) in [4.78, 5) is 43.9. The van der Waals surface area contributed by atoms with Crippen LogP contribution >= 0.6 is 0 Å². The molecule has 2 fully saturated rings. The van der Waals surface area contributed by atoms with Gasteiger partial charge in [0.25, 0.3) is 0 Å². The molecule has 0 radical (unpaired) electrons. The Hall–Kier alpha value is -4.24. The van der Waals surface area contributed by atoms with E-state index in [4.69, 9.17) is 10.7 Å². The van der Waals surface area contributed by atoms with Crippen LogP contribution in [0.3, 0.4) is 0 Å². The third-order valence-electron chi connectivity index (χ3n) is 8.56. The van der Waals surface area contributed by atoms with E-state index < -0.39 is 16.8 Å². The zero-order valence-corrected chi connectivity index (χ0v) is 21.3. The molecule has 196 valence electrons. The van der Waals surface area contributed by atoms with Gasteiger partial charge in [-0.25, -0.2) is 4.39 Å². The van der Waals surface area contributed by atoms with Crippen LogP contribution in [-0.4, -0.2) is 50.3 Å². The molecule has 4 aromatic rings. The number of amides is 2. The third-order valence-corrected chi connectivity index (χ3v) is 8.56. The van der Waals surface area contributed by atoms with E-state index in [1.807, 2.05) is 35.2 Å². The van der Waals surface area contributed by atoms with E-state index in [2.05, 4.69) is 9.97 Å². The average Bonchev–Trinajstić information content (AvgIpc) is 3.68. The molecule has 7 rings (SSSR count). The summed E-state index contributed by atoms with van der Waals surface area (Å²) in [5.74, 6) is -0.475. The van der Waals surface area contributed by atoms with Gasteiger partial charge in [-0.05, 0) is 48.8 Å². The molecule has 1 aliphatic carbocycles. The maximum Gasteiger partial charge on any atom is 0.242 e. The monoisotopic (exact) mass is 522 g/mol. The molecular formula is C30H27FN6O2. The molecule has 8 nitrogen and oxygen atoms in total.